The van der Waals surface area contributed by atoms with Crippen LogP contribution in [0.5, 0.6) is 0 Å². The molecule has 4 aliphatic heterocycles. The first-order valence-corrected chi connectivity index (χ1v) is 15.0. The van der Waals surface area contributed by atoms with Gasteiger partial charge in [-0.2, -0.15) is 0 Å². The maximum atomic E-state index is 11.9. The molecule has 13 N–H and O–H groups in total. The van der Waals surface area contributed by atoms with E-state index in [-0.39, 0.29) is 0 Å². The molecule has 4 saturated heterocycles. The molecule has 0 aliphatic carbocycles. The maximum Gasteiger partial charge on any atom is 0.217 e. The van der Waals surface area contributed by atoms with Gasteiger partial charge in [-0.15, -0.1) is 0 Å². The van der Waals surface area contributed by atoms with Crippen molar-refractivity contribution in [3.05, 3.63) is 0 Å². The van der Waals surface area contributed by atoms with Crippen molar-refractivity contribution in [3.8, 4) is 0 Å². The molecule has 21 heteroatoms. The Labute approximate surface area is 267 Å². The Morgan fingerprint density at radius 3 is 1.62 bits per heavy atom. The van der Waals surface area contributed by atoms with Gasteiger partial charge in [0.15, 0.2) is 25.2 Å². The molecule has 0 bridgehead atoms. The molecule has 0 radical (unpaired) electrons. The van der Waals surface area contributed by atoms with Crippen molar-refractivity contribution in [1.29, 1.82) is 0 Å². The first-order valence-electron chi connectivity index (χ1n) is 15.0. The van der Waals surface area contributed by atoms with Gasteiger partial charge in [-0.05, 0) is 6.92 Å². The third-order valence-electron chi connectivity index (χ3n) is 8.57. The third-order valence-corrected chi connectivity index (χ3v) is 8.57. The summed E-state index contributed by atoms with van der Waals surface area (Å²) in [4.78, 5) is 11.9. The van der Waals surface area contributed by atoms with E-state index in [9.17, 15) is 66.1 Å². The number of aliphatic hydroxyl groups excluding tert-OH is 12. The van der Waals surface area contributed by atoms with Crippen LogP contribution in [0.2, 0.25) is 0 Å². The fourth-order valence-corrected chi connectivity index (χ4v) is 5.87. The van der Waals surface area contributed by atoms with Crippen molar-refractivity contribution in [3.63, 3.8) is 0 Å². The molecule has 0 aromatic rings. The molecule has 20 atom stereocenters. The lowest BCUT2D eigenvalue weighted by Gasteiger charge is -2.50. The van der Waals surface area contributed by atoms with Crippen LogP contribution in [0.3, 0.4) is 0 Å². The Kier molecular flexibility index (Phi) is 13.2. The summed E-state index contributed by atoms with van der Waals surface area (Å²) in [5, 5.41) is 127. The molecule has 1 amide bonds. The highest BCUT2D eigenvalue weighted by Gasteiger charge is 2.56. The van der Waals surface area contributed by atoms with Gasteiger partial charge in [0.25, 0.3) is 0 Å². The lowest BCUT2D eigenvalue weighted by Crippen LogP contribution is -2.69. The minimum atomic E-state index is -2.01. The molecular formula is C26H45NO20. The molecular weight excluding hydrogens is 646 g/mol. The summed E-state index contributed by atoms with van der Waals surface area (Å²) >= 11 is 0. The van der Waals surface area contributed by atoms with E-state index in [0.29, 0.717) is 0 Å². The minimum Gasteiger partial charge on any atom is -0.394 e. The van der Waals surface area contributed by atoms with Crippen LogP contribution in [-0.2, 0) is 38.0 Å². The van der Waals surface area contributed by atoms with Gasteiger partial charge in [0.05, 0.1) is 25.9 Å². The fraction of sp³-hybridized carbons (Fsp3) is 0.962. The summed E-state index contributed by atoms with van der Waals surface area (Å²) in [7, 11) is 0. The van der Waals surface area contributed by atoms with E-state index in [4.69, 9.17) is 33.2 Å². The van der Waals surface area contributed by atoms with Gasteiger partial charge in [0.1, 0.15) is 91.5 Å². The predicted octanol–water partition coefficient (Wildman–Crippen LogP) is -8.58. The van der Waals surface area contributed by atoms with Crippen molar-refractivity contribution < 1.29 is 99.2 Å². The number of hydrogen-bond donors (Lipinski definition) is 13. The number of rotatable bonds is 10. The lowest BCUT2D eigenvalue weighted by molar-refractivity contribution is -0.396. The van der Waals surface area contributed by atoms with Crippen LogP contribution in [0, 0.1) is 0 Å². The number of carbonyl (C=O) groups is 1. The van der Waals surface area contributed by atoms with E-state index < -0.39 is 148 Å². The largest absolute Gasteiger partial charge is 0.394 e. The highest BCUT2D eigenvalue weighted by molar-refractivity contribution is 5.73. The standard InChI is InChI=1S/C26H45NO20/c1-6-12(32)15(35)17(37)24(41-6)47-22-19(39)20(45-25-18(38)16(36)13(33)8(3-28)43-25)10(5-30)44-26(22)46-21-11(27-7(2)31)23(40)42-9(4-29)14(21)34/h6,8-26,28-30,32-40H,3-5H2,1-2H3,(H,27,31)/t6-,8+,9+,10+,11+,12+,13-,14+,15+,16-,17-,18+,19-,20-,21+,22+,23+,24-,25+,26-/m0/s1. The molecule has 4 rings (SSSR count). The molecule has 0 saturated carbocycles. The average Bonchev–Trinajstić information content (AvgIpc) is 3.04. The van der Waals surface area contributed by atoms with E-state index >= 15 is 0 Å². The van der Waals surface area contributed by atoms with Crippen LogP contribution in [0.4, 0.5) is 0 Å². The maximum absolute atomic E-state index is 11.9. The van der Waals surface area contributed by atoms with E-state index in [2.05, 4.69) is 5.32 Å². The summed E-state index contributed by atoms with van der Waals surface area (Å²) in [6.45, 7) is -0.118. The van der Waals surface area contributed by atoms with Gasteiger partial charge in [0.2, 0.25) is 5.91 Å². The number of carbonyl (C=O) groups excluding carboxylic acids is 1. The summed E-state index contributed by atoms with van der Waals surface area (Å²) < 4.78 is 39.2. The van der Waals surface area contributed by atoms with E-state index in [1.165, 1.54) is 6.92 Å². The number of aliphatic hydroxyl groups is 12. The van der Waals surface area contributed by atoms with Crippen LogP contribution in [0.1, 0.15) is 13.8 Å². The number of hydrogen-bond acceptors (Lipinski definition) is 20. The Morgan fingerprint density at radius 1 is 0.553 bits per heavy atom. The van der Waals surface area contributed by atoms with Gasteiger partial charge in [0, 0.05) is 6.92 Å². The van der Waals surface area contributed by atoms with Crippen LogP contribution in [-0.4, -0.2) is 210 Å². The SMILES string of the molecule is CC(=O)N[C@@H]1[C@@H](O[C@@H]2O[C@H](CO)[C@H](O[C@H]3O[C@H](CO)[C@H](O)[C@H](O)[C@H]3O)[C@H](O)[C@H]2O[C@@H]2O[C@@H](C)[C@@H](O)[C@@H](O)[C@@H]2O)[C@H](O)[C@@H](CO)O[C@H]1O. The monoisotopic (exact) mass is 691 g/mol. The van der Waals surface area contributed by atoms with Crippen molar-refractivity contribution in [2.24, 2.45) is 0 Å². The van der Waals surface area contributed by atoms with Crippen molar-refractivity contribution in [1.82, 2.24) is 5.32 Å². The summed E-state index contributed by atoms with van der Waals surface area (Å²) in [5.41, 5.74) is 0. The molecule has 21 nitrogen and oxygen atoms in total. The highest BCUT2D eigenvalue weighted by atomic mass is 16.8. The predicted molar refractivity (Wildman–Crippen MR) is 144 cm³/mol. The normalized spacial score (nSPS) is 51.0. The minimum absolute atomic E-state index is 0.695. The van der Waals surface area contributed by atoms with Crippen LogP contribution in [0.15, 0.2) is 0 Å². The summed E-state index contributed by atoms with van der Waals surface area (Å²) in [5.74, 6) is -0.695. The molecule has 0 aromatic heterocycles. The average molecular weight is 692 g/mol. The molecule has 274 valence electrons. The van der Waals surface area contributed by atoms with Crippen LogP contribution >= 0.6 is 0 Å². The van der Waals surface area contributed by atoms with Gasteiger partial charge in [-0.1, -0.05) is 0 Å². The van der Waals surface area contributed by atoms with Crippen molar-refractivity contribution in [2.75, 3.05) is 19.8 Å². The second kappa shape index (κ2) is 16.2. The van der Waals surface area contributed by atoms with E-state index in [1.54, 1.807) is 0 Å². The van der Waals surface area contributed by atoms with Crippen LogP contribution < -0.4 is 5.32 Å². The zero-order valence-corrected chi connectivity index (χ0v) is 25.3. The van der Waals surface area contributed by atoms with E-state index in [0.717, 1.165) is 6.92 Å². The lowest BCUT2D eigenvalue weighted by atomic mass is 9.94. The third kappa shape index (κ3) is 8.04. The summed E-state index contributed by atoms with van der Waals surface area (Å²) in [6.07, 6.45) is -32.8. The van der Waals surface area contributed by atoms with E-state index in [1.807, 2.05) is 0 Å². The highest BCUT2D eigenvalue weighted by Crippen LogP contribution is 2.35. The van der Waals surface area contributed by atoms with Gasteiger partial charge < -0.3 is 99.8 Å². The number of ether oxygens (including phenoxy) is 7. The Morgan fingerprint density at radius 2 is 1.04 bits per heavy atom. The molecule has 47 heavy (non-hydrogen) atoms. The van der Waals surface area contributed by atoms with Crippen LogP contribution in [0.25, 0.3) is 0 Å². The first-order chi connectivity index (χ1) is 22.1. The second-order valence-corrected chi connectivity index (χ2v) is 11.9. The van der Waals surface area contributed by atoms with Gasteiger partial charge >= 0.3 is 0 Å². The first kappa shape index (κ1) is 38.5. The van der Waals surface area contributed by atoms with Crippen molar-refractivity contribution in [2.45, 2.75) is 137 Å². The molecule has 4 aliphatic rings. The quantitative estimate of drug-likeness (QED) is 0.101. The Bertz CT molecular complexity index is 1010. The molecule has 0 spiro atoms. The number of amides is 1. The molecule has 0 unspecified atom stereocenters. The smallest absolute Gasteiger partial charge is 0.217 e. The molecule has 4 heterocycles. The van der Waals surface area contributed by atoms with Gasteiger partial charge in [-0.3, -0.25) is 4.79 Å². The zero-order chi connectivity index (χ0) is 34.9. The van der Waals surface area contributed by atoms with Gasteiger partial charge in [-0.25, -0.2) is 0 Å². The Balaban J connectivity index is 1.67. The van der Waals surface area contributed by atoms with Crippen molar-refractivity contribution >= 4 is 5.91 Å². The zero-order valence-electron chi connectivity index (χ0n) is 25.3. The second-order valence-electron chi connectivity index (χ2n) is 11.9. The topological polar surface area (TPSA) is 336 Å². The fourth-order valence-electron chi connectivity index (χ4n) is 5.87. The summed E-state index contributed by atoms with van der Waals surface area (Å²) in [6, 6.07) is -1.50. The molecule has 0 aromatic carbocycles. The number of nitrogens with one attached hydrogen (secondary N) is 1. The molecule has 4 fully saturated rings. The Hall–Kier alpha value is -1.29.